The fourth-order valence-electron chi connectivity index (χ4n) is 4.79. The Bertz CT molecular complexity index is 863. The van der Waals surface area contributed by atoms with Gasteiger partial charge < -0.3 is 19.5 Å². The highest BCUT2D eigenvalue weighted by atomic mass is 19.3. The van der Waals surface area contributed by atoms with Crippen LogP contribution in [0.4, 0.5) is 13.6 Å². The number of fused-ring (bicyclic) bond motifs is 2. The molecule has 2 aromatic carbocycles. The number of alkyl halides is 2. The molecule has 0 spiro atoms. The molecule has 2 unspecified atom stereocenters. The van der Waals surface area contributed by atoms with Crippen LogP contribution in [0.25, 0.3) is 0 Å². The Morgan fingerprint density at radius 2 is 1.70 bits per heavy atom. The molecule has 1 amide bonds. The molecule has 160 valence electrons. The number of ether oxygens (including phenoxy) is 2. The minimum atomic E-state index is -2.97. The van der Waals surface area contributed by atoms with Gasteiger partial charge in [-0.2, -0.15) is 8.78 Å². The smallest absolute Gasteiger partial charge is 0.410 e. The fraction of sp³-hybridized carbons (Fsp3) is 0.435. The third-order valence-corrected chi connectivity index (χ3v) is 6.03. The van der Waals surface area contributed by atoms with E-state index in [4.69, 9.17) is 4.74 Å². The highest BCUT2D eigenvalue weighted by Gasteiger charge is 2.49. The van der Waals surface area contributed by atoms with Gasteiger partial charge in [0.15, 0.2) is 0 Å². The third kappa shape index (κ3) is 4.26. The molecule has 2 heterocycles. The molecule has 2 atom stereocenters. The summed E-state index contributed by atoms with van der Waals surface area (Å²) in [6, 6.07) is 15.4. The van der Waals surface area contributed by atoms with Crippen molar-refractivity contribution in [3.63, 3.8) is 0 Å². The topological polar surface area (TPSA) is 59.0 Å². The first kappa shape index (κ1) is 20.6. The van der Waals surface area contributed by atoms with Crippen molar-refractivity contribution in [2.75, 3.05) is 0 Å². The summed E-state index contributed by atoms with van der Waals surface area (Å²) < 4.78 is 35.9. The van der Waals surface area contributed by atoms with Crippen molar-refractivity contribution in [3.8, 4) is 5.75 Å². The second-order valence-corrected chi connectivity index (χ2v) is 8.00. The van der Waals surface area contributed by atoms with Gasteiger partial charge in [-0.25, -0.2) is 4.79 Å². The molecular formula is C23H25F2NO4. The summed E-state index contributed by atoms with van der Waals surface area (Å²) in [7, 11) is 0. The van der Waals surface area contributed by atoms with Crippen LogP contribution in [0.1, 0.15) is 43.2 Å². The number of piperidine rings is 2. The number of rotatable bonds is 5. The number of aliphatic hydroxyl groups is 1. The van der Waals surface area contributed by atoms with Crippen LogP contribution in [0.15, 0.2) is 54.6 Å². The van der Waals surface area contributed by atoms with Crippen LogP contribution in [0.3, 0.4) is 0 Å². The average molecular weight is 417 g/mol. The van der Waals surface area contributed by atoms with E-state index in [1.165, 1.54) is 6.07 Å². The molecule has 2 aromatic rings. The second-order valence-electron chi connectivity index (χ2n) is 8.00. The minimum absolute atomic E-state index is 0.0202. The number of benzene rings is 2. The maximum atomic E-state index is 12.8. The first-order valence-electron chi connectivity index (χ1n) is 10.2. The maximum Gasteiger partial charge on any atom is 0.410 e. The van der Waals surface area contributed by atoms with Crippen LogP contribution < -0.4 is 4.74 Å². The third-order valence-electron chi connectivity index (χ3n) is 6.03. The van der Waals surface area contributed by atoms with Crippen LogP contribution in [0.2, 0.25) is 0 Å². The molecule has 2 bridgehead atoms. The molecule has 5 nitrogen and oxygen atoms in total. The van der Waals surface area contributed by atoms with Gasteiger partial charge in [0.25, 0.3) is 0 Å². The zero-order valence-corrected chi connectivity index (χ0v) is 16.5. The summed E-state index contributed by atoms with van der Waals surface area (Å²) >= 11 is 0. The lowest BCUT2D eigenvalue weighted by Crippen LogP contribution is -2.59. The van der Waals surface area contributed by atoms with E-state index in [1.807, 2.05) is 30.3 Å². The van der Waals surface area contributed by atoms with E-state index in [0.717, 1.165) is 24.8 Å². The van der Waals surface area contributed by atoms with Crippen molar-refractivity contribution in [1.29, 1.82) is 0 Å². The number of para-hydroxylation sites is 1. The highest BCUT2D eigenvalue weighted by Crippen LogP contribution is 2.47. The summed E-state index contributed by atoms with van der Waals surface area (Å²) in [5.74, 6) is -0.0202. The molecule has 0 radical (unpaired) electrons. The molecule has 0 saturated carbocycles. The molecule has 4 rings (SSSR count). The number of nitrogens with zero attached hydrogens (tertiary/aromatic N) is 1. The van der Waals surface area contributed by atoms with Gasteiger partial charge in [0.05, 0.1) is 5.60 Å². The SMILES string of the molecule is O=C(OCc1ccccc1)N1C2CCCC1CC(O)(c1ccccc1OC(F)F)C2. The van der Waals surface area contributed by atoms with Gasteiger partial charge in [-0.05, 0) is 30.9 Å². The van der Waals surface area contributed by atoms with Gasteiger partial charge in [-0.15, -0.1) is 0 Å². The van der Waals surface area contributed by atoms with E-state index < -0.39 is 18.3 Å². The Kier molecular flexibility index (Phi) is 5.90. The summed E-state index contributed by atoms with van der Waals surface area (Å²) in [4.78, 5) is 14.6. The molecule has 2 aliphatic rings. The quantitative estimate of drug-likeness (QED) is 0.757. The molecule has 0 aromatic heterocycles. The van der Waals surface area contributed by atoms with Crippen molar-refractivity contribution >= 4 is 6.09 Å². The van der Waals surface area contributed by atoms with E-state index in [0.29, 0.717) is 5.56 Å². The van der Waals surface area contributed by atoms with Crippen molar-refractivity contribution in [1.82, 2.24) is 4.90 Å². The number of hydrogen-bond acceptors (Lipinski definition) is 4. The van der Waals surface area contributed by atoms with E-state index >= 15 is 0 Å². The van der Waals surface area contributed by atoms with Crippen molar-refractivity contribution in [2.24, 2.45) is 0 Å². The van der Waals surface area contributed by atoms with Crippen molar-refractivity contribution < 1.29 is 28.2 Å². The summed E-state index contributed by atoms with van der Waals surface area (Å²) in [5, 5.41) is 11.4. The highest BCUT2D eigenvalue weighted by molar-refractivity contribution is 5.69. The summed E-state index contributed by atoms with van der Waals surface area (Å²) in [5.41, 5.74) is -0.0839. The monoisotopic (exact) mass is 417 g/mol. The van der Waals surface area contributed by atoms with Crippen LogP contribution in [0.5, 0.6) is 5.75 Å². The molecule has 2 fully saturated rings. The van der Waals surface area contributed by atoms with Gasteiger partial charge in [0, 0.05) is 30.5 Å². The van der Waals surface area contributed by atoms with E-state index in [1.54, 1.807) is 23.1 Å². The van der Waals surface area contributed by atoms with E-state index in [9.17, 15) is 18.7 Å². The standard InChI is InChI=1S/C23H25F2NO4/c24-21(25)30-20-12-5-4-11-19(20)23(28)13-17-9-6-10-18(14-23)26(17)22(27)29-15-16-7-2-1-3-8-16/h1-5,7-8,11-12,17-18,21,28H,6,9-10,13-15H2. The summed E-state index contributed by atoms with van der Waals surface area (Å²) in [6.45, 7) is -2.78. The first-order valence-corrected chi connectivity index (χ1v) is 10.2. The van der Waals surface area contributed by atoms with Crippen molar-refractivity contribution in [3.05, 3.63) is 65.7 Å². The Labute approximate surface area is 174 Å². The number of amides is 1. The number of carbonyl (C=O) groups excluding carboxylic acids is 1. The van der Waals surface area contributed by atoms with Crippen molar-refractivity contribution in [2.45, 2.75) is 63.0 Å². The van der Waals surface area contributed by atoms with Gasteiger partial charge in [-0.3, -0.25) is 0 Å². The predicted molar refractivity (Wildman–Crippen MR) is 106 cm³/mol. The first-order chi connectivity index (χ1) is 14.5. The second kappa shape index (κ2) is 8.60. The van der Waals surface area contributed by atoms with Crippen LogP contribution in [-0.2, 0) is 16.9 Å². The molecule has 1 N–H and O–H groups in total. The van der Waals surface area contributed by atoms with E-state index in [2.05, 4.69) is 4.74 Å². The predicted octanol–water partition coefficient (Wildman–Crippen LogP) is 4.83. The molecular weight excluding hydrogens is 392 g/mol. The Morgan fingerprint density at radius 3 is 2.37 bits per heavy atom. The lowest BCUT2D eigenvalue weighted by molar-refractivity contribution is -0.0949. The lowest BCUT2D eigenvalue weighted by Gasteiger charge is -2.51. The number of hydrogen-bond donors (Lipinski definition) is 1. The number of carbonyl (C=O) groups is 1. The minimum Gasteiger partial charge on any atom is -0.445 e. The number of halogens is 2. The van der Waals surface area contributed by atoms with Crippen LogP contribution in [-0.4, -0.2) is 34.8 Å². The Balaban J connectivity index is 1.51. The zero-order valence-electron chi connectivity index (χ0n) is 16.5. The fourth-order valence-corrected chi connectivity index (χ4v) is 4.79. The Hall–Kier alpha value is -2.67. The van der Waals surface area contributed by atoms with Gasteiger partial charge in [-0.1, -0.05) is 48.5 Å². The van der Waals surface area contributed by atoms with Crippen LogP contribution in [0, 0.1) is 0 Å². The molecule has 2 saturated heterocycles. The average Bonchev–Trinajstić information content (AvgIpc) is 2.72. The Morgan fingerprint density at radius 1 is 1.07 bits per heavy atom. The lowest BCUT2D eigenvalue weighted by atomic mass is 9.72. The molecule has 30 heavy (non-hydrogen) atoms. The normalized spacial score (nSPS) is 25.8. The summed E-state index contributed by atoms with van der Waals surface area (Å²) in [6.07, 6.45) is 2.53. The molecule has 2 aliphatic heterocycles. The van der Waals surface area contributed by atoms with Gasteiger partial charge >= 0.3 is 12.7 Å². The van der Waals surface area contributed by atoms with Crippen LogP contribution >= 0.6 is 0 Å². The maximum absolute atomic E-state index is 12.8. The van der Waals surface area contributed by atoms with Gasteiger partial charge in [0.2, 0.25) is 0 Å². The molecule has 0 aliphatic carbocycles. The zero-order chi connectivity index (χ0) is 21.1. The molecule has 7 heteroatoms. The van der Waals surface area contributed by atoms with Gasteiger partial charge in [0.1, 0.15) is 12.4 Å². The van der Waals surface area contributed by atoms with E-state index in [-0.39, 0.29) is 37.3 Å². The largest absolute Gasteiger partial charge is 0.445 e.